The van der Waals surface area contributed by atoms with Gasteiger partial charge in [0, 0.05) is 12.4 Å². The maximum Gasteiger partial charge on any atom is 0.182 e. The molecule has 0 aliphatic rings. The Labute approximate surface area is 107 Å². The first-order valence-electron chi connectivity index (χ1n) is 4.80. The lowest BCUT2D eigenvalue weighted by Gasteiger charge is -2.06. The molecule has 2 aromatic rings. The number of nitrogens with zero attached hydrogens (tertiary/aromatic N) is 4. The molecule has 5 nitrogen and oxygen atoms in total. The SMILES string of the molecule is CCc1nc(-c2cnccn2)nc(N)c1I. The third-order valence-electron chi connectivity index (χ3n) is 2.07. The van der Waals surface area contributed by atoms with Crippen LogP contribution in [0.25, 0.3) is 11.5 Å². The highest BCUT2D eigenvalue weighted by molar-refractivity contribution is 14.1. The summed E-state index contributed by atoms with van der Waals surface area (Å²) in [7, 11) is 0. The molecule has 0 aliphatic carbocycles. The van der Waals surface area contributed by atoms with Gasteiger partial charge in [0.15, 0.2) is 5.82 Å². The predicted octanol–water partition coefficient (Wildman–Crippen LogP) is 1.68. The highest BCUT2D eigenvalue weighted by Crippen LogP contribution is 2.20. The molecule has 0 radical (unpaired) electrons. The number of nitrogen functional groups attached to an aromatic ring is 1. The van der Waals surface area contributed by atoms with Crippen LogP contribution in [0.5, 0.6) is 0 Å². The van der Waals surface area contributed by atoms with Gasteiger partial charge < -0.3 is 5.73 Å². The summed E-state index contributed by atoms with van der Waals surface area (Å²) in [5.74, 6) is 1.02. The van der Waals surface area contributed by atoms with Crippen molar-refractivity contribution in [1.82, 2.24) is 19.9 Å². The van der Waals surface area contributed by atoms with E-state index in [1.807, 2.05) is 6.92 Å². The number of rotatable bonds is 2. The van der Waals surface area contributed by atoms with Gasteiger partial charge in [0.25, 0.3) is 0 Å². The largest absolute Gasteiger partial charge is 0.383 e. The van der Waals surface area contributed by atoms with E-state index in [4.69, 9.17) is 5.73 Å². The van der Waals surface area contributed by atoms with Gasteiger partial charge in [-0.3, -0.25) is 4.98 Å². The van der Waals surface area contributed by atoms with Crippen molar-refractivity contribution >= 4 is 28.4 Å². The lowest BCUT2D eigenvalue weighted by atomic mass is 10.3. The Kier molecular flexibility index (Phi) is 3.28. The zero-order valence-electron chi connectivity index (χ0n) is 8.68. The van der Waals surface area contributed by atoms with Crippen LogP contribution in [0, 0.1) is 3.57 Å². The number of anilines is 1. The third kappa shape index (κ3) is 2.11. The zero-order chi connectivity index (χ0) is 11.5. The first-order chi connectivity index (χ1) is 7.72. The molecule has 16 heavy (non-hydrogen) atoms. The van der Waals surface area contributed by atoms with Crippen molar-refractivity contribution < 1.29 is 0 Å². The Morgan fingerprint density at radius 2 is 2.12 bits per heavy atom. The average Bonchev–Trinajstić information content (AvgIpc) is 2.33. The molecule has 0 amide bonds. The van der Waals surface area contributed by atoms with Gasteiger partial charge >= 0.3 is 0 Å². The fraction of sp³-hybridized carbons (Fsp3) is 0.200. The average molecular weight is 327 g/mol. The topological polar surface area (TPSA) is 77.6 Å². The minimum absolute atomic E-state index is 0.494. The smallest absolute Gasteiger partial charge is 0.182 e. The second-order valence-corrected chi connectivity index (χ2v) is 4.22. The minimum atomic E-state index is 0.494. The van der Waals surface area contributed by atoms with Gasteiger partial charge in [-0.25, -0.2) is 15.0 Å². The Balaban J connectivity index is 2.55. The van der Waals surface area contributed by atoms with Crippen molar-refractivity contribution in [3.8, 4) is 11.5 Å². The second kappa shape index (κ2) is 4.69. The van der Waals surface area contributed by atoms with Crippen LogP contribution < -0.4 is 5.73 Å². The summed E-state index contributed by atoms with van der Waals surface area (Å²) in [6.45, 7) is 2.03. The molecule has 0 fully saturated rings. The van der Waals surface area contributed by atoms with Crippen LogP contribution >= 0.6 is 22.6 Å². The highest BCUT2D eigenvalue weighted by atomic mass is 127. The van der Waals surface area contributed by atoms with Crippen LogP contribution in [0.1, 0.15) is 12.6 Å². The molecule has 2 aromatic heterocycles. The molecule has 6 heteroatoms. The molecule has 0 saturated heterocycles. The molecule has 0 saturated carbocycles. The predicted molar refractivity (Wildman–Crippen MR) is 69.6 cm³/mol. The summed E-state index contributed by atoms with van der Waals surface area (Å²) in [4.78, 5) is 16.8. The molecule has 0 atom stereocenters. The van der Waals surface area contributed by atoms with Crippen molar-refractivity contribution in [2.75, 3.05) is 5.73 Å². The molecule has 0 bridgehead atoms. The molecule has 0 spiro atoms. The van der Waals surface area contributed by atoms with Gasteiger partial charge in [-0.05, 0) is 29.0 Å². The van der Waals surface area contributed by atoms with Gasteiger partial charge in [-0.15, -0.1) is 0 Å². The highest BCUT2D eigenvalue weighted by Gasteiger charge is 2.10. The number of halogens is 1. The summed E-state index contributed by atoms with van der Waals surface area (Å²) in [5, 5.41) is 0. The number of hydrogen-bond donors (Lipinski definition) is 1. The summed E-state index contributed by atoms with van der Waals surface area (Å²) < 4.78 is 0.910. The number of aryl methyl sites for hydroxylation is 1. The first-order valence-corrected chi connectivity index (χ1v) is 5.88. The van der Waals surface area contributed by atoms with Crippen LogP contribution in [0.2, 0.25) is 0 Å². The maximum atomic E-state index is 5.83. The van der Waals surface area contributed by atoms with E-state index < -0.39 is 0 Å². The van der Waals surface area contributed by atoms with E-state index in [1.54, 1.807) is 18.6 Å². The molecule has 0 unspecified atom stereocenters. The van der Waals surface area contributed by atoms with E-state index in [2.05, 4.69) is 42.5 Å². The van der Waals surface area contributed by atoms with Crippen molar-refractivity contribution in [2.45, 2.75) is 13.3 Å². The number of hydrogen-bond acceptors (Lipinski definition) is 5. The number of nitrogens with two attached hydrogens (primary N) is 1. The van der Waals surface area contributed by atoms with E-state index in [9.17, 15) is 0 Å². The molecule has 82 valence electrons. The molecule has 2 heterocycles. The molecule has 2 rings (SSSR count). The van der Waals surface area contributed by atoms with Crippen LogP contribution in [-0.4, -0.2) is 19.9 Å². The van der Waals surface area contributed by atoms with Gasteiger partial charge in [0.05, 0.1) is 15.5 Å². The van der Waals surface area contributed by atoms with E-state index >= 15 is 0 Å². The quantitative estimate of drug-likeness (QED) is 0.849. The third-order valence-corrected chi connectivity index (χ3v) is 3.25. The first kappa shape index (κ1) is 11.2. The summed E-state index contributed by atoms with van der Waals surface area (Å²) in [6.07, 6.45) is 5.66. The van der Waals surface area contributed by atoms with Crippen molar-refractivity contribution in [1.29, 1.82) is 0 Å². The Morgan fingerprint density at radius 3 is 2.75 bits per heavy atom. The van der Waals surface area contributed by atoms with Gasteiger partial charge in [0.1, 0.15) is 11.5 Å². The molecule has 2 N–H and O–H groups in total. The minimum Gasteiger partial charge on any atom is -0.383 e. The Hall–Kier alpha value is -1.31. The van der Waals surface area contributed by atoms with Crippen LogP contribution in [0.3, 0.4) is 0 Å². The monoisotopic (exact) mass is 327 g/mol. The van der Waals surface area contributed by atoms with Gasteiger partial charge in [0.2, 0.25) is 0 Å². The lowest BCUT2D eigenvalue weighted by Crippen LogP contribution is -2.05. The maximum absolute atomic E-state index is 5.83. The van der Waals surface area contributed by atoms with Crippen molar-refractivity contribution in [3.05, 3.63) is 27.9 Å². The van der Waals surface area contributed by atoms with E-state index in [0.29, 0.717) is 17.3 Å². The van der Waals surface area contributed by atoms with E-state index in [0.717, 1.165) is 15.7 Å². The fourth-order valence-corrected chi connectivity index (χ4v) is 1.90. The summed E-state index contributed by atoms with van der Waals surface area (Å²) in [6, 6.07) is 0. The molecule has 0 aromatic carbocycles. The second-order valence-electron chi connectivity index (χ2n) is 3.14. The lowest BCUT2D eigenvalue weighted by molar-refractivity contribution is 0.984. The normalized spacial score (nSPS) is 10.4. The van der Waals surface area contributed by atoms with E-state index in [1.165, 1.54) is 0 Å². The summed E-state index contributed by atoms with van der Waals surface area (Å²) >= 11 is 2.15. The van der Waals surface area contributed by atoms with Gasteiger partial charge in [-0.2, -0.15) is 0 Å². The zero-order valence-corrected chi connectivity index (χ0v) is 10.8. The van der Waals surface area contributed by atoms with Crippen molar-refractivity contribution in [3.63, 3.8) is 0 Å². The van der Waals surface area contributed by atoms with Crippen molar-refractivity contribution in [2.24, 2.45) is 0 Å². The van der Waals surface area contributed by atoms with Crippen LogP contribution in [0.4, 0.5) is 5.82 Å². The fourth-order valence-electron chi connectivity index (χ4n) is 1.28. The standard InChI is InChI=1S/C10H10IN5/c1-2-6-8(11)9(12)16-10(15-6)7-5-13-3-4-14-7/h3-5H,2H2,1H3,(H2,12,15,16). The molecular formula is C10H10IN5. The van der Waals surface area contributed by atoms with E-state index in [-0.39, 0.29) is 0 Å². The molecular weight excluding hydrogens is 317 g/mol. The molecule has 0 aliphatic heterocycles. The summed E-state index contributed by atoms with van der Waals surface area (Å²) in [5.41, 5.74) is 7.41. The van der Waals surface area contributed by atoms with Crippen LogP contribution in [-0.2, 0) is 6.42 Å². The van der Waals surface area contributed by atoms with Crippen LogP contribution in [0.15, 0.2) is 18.6 Å². The van der Waals surface area contributed by atoms with Gasteiger partial charge in [-0.1, -0.05) is 6.92 Å². The Bertz CT molecular complexity index is 500. The number of aromatic nitrogens is 4. The Morgan fingerprint density at radius 1 is 1.31 bits per heavy atom.